The first-order valence-corrected chi connectivity index (χ1v) is 15.5. The summed E-state index contributed by atoms with van der Waals surface area (Å²) < 4.78 is 0. The lowest BCUT2D eigenvalue weighted by Crippen LogP contribution is -2.50. The second kappa shape index (κ2) is 15.5. The molecular weight excluding hydrogens is 544 g/mol. The van der Waals surface area contributed by atoms with Crippen LogP contribution in [0.25, 0.3) is 0 Å². The lowest BCUT2D eigenvalue weighted by molar-refractivity contribution is -0.132. The van der Waals surface area contributed by atoms with Gasteiger partial charge in [-0.25, -0.2) is 0 Å². The summed E-state index contributed by atoms with van der Waals surface area (Å²) in [4.78, 5) is 24.9. The number of allylic oxidation sites excluding steroid dienone is 16. The largest absolute Gasteiger partial charge is 0.393 e. The first kappa shape index (κ1) is 36.7. The Labute approximate surface area is 266 Å². The smallest absolute Gasteiger partial charge is 0.161 e. The van der Waals surface area contributed by atoms with Crippen molar-refractivity contribution in [2.75, 3.05) is 0 Å². The van der Waals surface area contributed by atoms with Crippen molar-refractivity contribution in [3.8, 4) is 11.8 Å². The molecule has 0 aromatic rings. The molecule has 0 unspecified atom stereocenters. The van der Waals surface area contributed by atoms with Gasteiger partial charge in [0.2, 0.25) is 0 Å². The zero-order chi connectivity index (χ0) is 33.3. The number of aliphatic hydroxyl groups excluding tert-OH is 1. The van der Waals surface area contributed by atoms with Gasteiger partial charge in [0.15, 0.2) is 11.6 Å². The predicted octanol–water partition coefficient (Wildman–Crippen LogP) is 8.58. The van der Waals surface area contributed by atoms with Crippen molar-refractivity contribution in [2.45, 2.75) is 107 Å². The van der Waals surface area contributed by atoms with Crippen molar-refractivity contribution in [1.29, 1.82) is 0 Å². The van der Waals surface area contributed by atoms with Gasteiger partial charge in [-0.1, -0.05) is 117 Å². The Hall–Kier alpha value is -3.52. The third-order valence-electron chi connectivity index (χ3n) is 8.64. The Morgan fingerprint density at radius 1 is 0.932 bits per heavy atom. The highest BCUT2D eigenvalue weighted by Gasteiger charge is 2.49. The molecule has 2 rings (SSSR count). The summed E-state index contributed by atoms with van der Waals surface area (Å²) >= 11 is 0. The Morgan fingerprint density at radius 2 is 1.50 bits per heavy atom. The molecule has 0 amide bonds. The SMILES string of the molecule is CC(C=CC=C(C)C(=O)C[C@@]1(O)C(C)=CC(=O)CC1(C)C)=CC=CC=C(C)/C=C/C=C(\C)C#CC1=C(C)C[C@@H](O)CC1(C)C. The lowest BCUT2D eigenvalue weighted by Gasteiger charge is -2.45. The molecule has 4 heteroatoms. The number of hydrogen-bond donors (Lipinski definition) is 2. The van der Waals surface area contributed by atoms with E-state index in [0.717, 1.165) is 28.7 Å². The molecule has 0 bridgehead atoms. The highest BCUT2D eigenvalue weighted by atomic mass is 16.3. The maximum atomic E-state index is 12.9. The number of aliphatic hydroxyl groups is 2. The van der Waals surface area contributed by atoms with E-state index in [1.807, 2.05) is 89.3 Å². The van der Waals surface area contributed by atoms with E-state index in [1.54, 1.807) is 19.9 Å². The molecule has 0 spiro atoms. The van der Waals surface area contributed by atoms with Crippen LogP contribution in [0.2, 0.25) is 0 Å². The quantitative estimate of drug-likeness (QED) is 0.159. The van der Waals surface area contributed by atoms with Gasteiger partial charge in [-0.05, 0) is 77.2 Å². The number of carbonyl (C=O) groups excluding carboxylic acids is 2. The predicted molar refractivity (Wildman–Crippen MR) is 184 cm³/mol. The zero-order valence-corrected chi connectivity index (χ0v) is 28.5. The van der Waals surface area contributed by atoms with E-state index in [-0.39, 0.29) is 35.9 Å². The van der Waals surface area contributed by atoms with Gasteiger partial charge in [0.1, 0.15) is 0 Å². The number of carbonyl (C=O) groups is 2. The van der Waals surface area contributed by atoms with Gasteiger partial charge in [0, 0.05) is 29.2 Å². The van der Waals surface area contributed by atoms with Gasteiger partial charge in [0.05, 0.1) is 11.7 Å². The Bertz CT molecular complexity index is 1460. The second-order valence-electron chi connectivity index (χ2n) is 13.8. The van der Waals surface area contributed by atoms with Crippen molar-refractivity contribution < 1.29 is 19.8 Å². The normalized spacial score (nSPS) is 25.1. The molecule has 236 valence electrons. The van der Waals surface area contributed by atoms with Gasteiger partial charge >= 0.3 is 0 Å². The first-order chi connectivity index (χ1) is 20.4. The first-order valence-electron chi connectivity index (χ1n) is 15.5. The molecule has 0 saturated heterocycles. The topological polar surface area (TPSA) is 74.6 Å². The summed E-state index contributed by atoms with van der Waals surface area (Å²) in [5, 5.41) is 21.4. The van der Waals surface area contributed by atoms with E-state index in [2.05, 4.69) is 32.6 Å². The van der Waals surface area contributed by atoms with Gasteiger partial charge in [-0.3, -0.25) is 9.59 Å². The van der Waals surface area contributed by atoms with Crippen LogP contribution in [0.1, 0.15) is 94.9 Å². The monoisotopic (exact) mass is 596 g/mol. The molecule has 2 N–H and O–H groups in total. The third kappa shape index (κ3) is 10.3. The van der Waals surface area contributed by atoms with Gasteiger partial charge in [-0.2, -0.15) is 0 Å². The second-order valence-corrected chi connectivity index (χ2v) is 13.8. The highest BCUT2D eigenvalue weighted by Crippen LogP contribution is 2.45. The Kier molecular flexibility index (Phi) is 12.9. The number of ketones is 2. The standard InChI is InChI=1S/C40H52O4/c1-28(17-13-18-30(3)21-22-36-32(5)23-34(41)25-38(36,7)8)15-11-12-16-29(2)19-14-20-31(4)37(43)27-40(44)33(6)24-35(42)26-39(40,9)10/h11-20,24,34,41,44H,23,25-27H2,1-10H3/b12-11?,17-13+,19-14?,28-15?,29-16?,30-18+,31-20?/t34-,40-/m1/s1. The maximum absolute atomic E-state index is 12.9. The molecule has 2 atom stereocenters. The summed E-state index contributed by atoms with van der Waals surface area (Å²) in [6, 6.07) is 0. The van der Waals surface area contributed by atoms with Crippen molar-refractivity contribution in [1.82, 2.24) is 0 Å². The van der Waals surface area contributed by atoms with Crippen LogP contribution in [-0.2, 0) is 9.59 Å². The van der Waals surface area contributed by atoms with E-state index in [1.165, 1.54) is 11.6 Å². The fourth-order valence-corrected chi connectivity index (χ4v) is 5.86. The fraction of sp³-hybridized carbons (Fsp3) is 0.450. The summed E-state index contributed by atoms with van der Waals surface area (Å²) in [6.45, 7) is 19.5. The van der Waals surface area contributed by atoms with E-state index in [4.69, 9.17) is 0 Å². The van der Waals surface area contributed by atoms with Gasteiger partial charge in [0.25, 0.3) is 0 Å². The van der Waals surface area contributed by atoms with Crippen molar-refractivity contribution >= 4 is 11.6 Å². The molecule has 2 aliphatic rings. The van der Waals surface area contributed by atoms with Gasteiger partial charge < -0.3 is 10.2 Å². The average molecular weight is 597 g/mol. The van der Waals surface area contributed by atoms with Crippen LogP contribution in [0.15, 0.2) is 106 Å². The van der Waals surface area contributed by atoms with Crippen LogP contribution in [0, 0.1) is 22.7 Å². The molecule has 0 heterocycles. The molecule has 0 aromatic carbocycles. The molecular formula is C40H52O4. The van der Waals surface area contributed by atoms with Crippen LogP contribution in [-0.4, -0.2) is 33.5 Å². The summed E-state index contributed by atoms with van der Waals surface area (Å²) in [5.41, 5.74) is 4.41. The van der Waals surface area contributed by atoms with Crippen LogP contribution < -0.4 is 0 Å². The molecule has 0 aliphatic heterocycles. The number of hydrogen-bond acceptors (Lipinski definition) is 4. The average Bonchev–Trinajstić information content (AvgIpc) is 2.88. The minimum atomic E-state index is -1.34. The van der Waals surface area contributed by atoms with Crippen molar-refractivity contribution in [3.63, 3.8) is 0 Å². The summed E-state index contributed by atoms with van der Waals surface area (Å²) in [5.74, 6) is 6.48. The molecule has 0 saturated carbocycles. The lowest BCUT2D eigenvalue weighted by atomic mass is 9.62. The molecule has 44 heavy (non-hydrogen) atoms. The van der Waals surface area contributed by atoms with E-state index < -0.39 is 11.0 Å². The molecule has 0 aromatic heterocycles. The van der Waals surface area contributed by atoms with E-state index in [9.17, 15) is 19.8 Å². The molecule has 0 radical (unpaired) electrons. The van der Waals surface area contributed by atoms with E-state index in [0.29, 0.717) is 17.6 Å². The molecule has 0 fully saturated rings. The molecule has 4 nitrogen and oxygen atoms in total. The fourth-order valence-electron chi connectivity index (χ4n) is 5.86. The van der Waals surface area contributed by atoms with Gasteiger partial charge in [-0.15, -0.1) is 0 Å². The number of Topliss-reactive ketones (excluding diaryl/α,β-unsaturated/α-hetero) is 1. The minimum Gasteiger partial charge on any atom is -0.393 e. The van der Waals surface area contributed by atoms with Crippen LogP contribution in [0.5, 0.6) is 0 Å². The Balaban J connectivity index is 1.95. The molecule has 2 aliphatic carbocycles. The van der Waals surface area contributed by atoms with Crippen molar-refractivity contribution in [3.05, 3.63) is 106 Å². The van der Waals surface area contributed by atoms with E-state index >= 15 is 0 Å². The number of rotatable bonds is 9. The van der Waals surface area contributed by atoms with Crippen LogP contribution >= 0.6 is 0 Å². The van der Waals surface area contributed by atoms with Crippen molar-refractivity contribution in [2.24, 2.45) is 10.8 Å². The summed E-state index contributed by atoms with van der Waals surface area (Å²) in [6.07, 6.45) is 22.4. The van der Waals surface area contributed by atoms with Crippen LogP contribution in [0.3, 0.4) is 0 Å². The zero-order valence-electron chi connectivity index (χ0n) is 28.5. The third-order valence-corrected chi connectivity index (χ3v) is 8.64. The van der Waals surface area contributed by atoms with Crippen LogP contribution in [0.4, 0.5) is 0 Å². The Morgan fingerprint density at radius 3 is 2.05 bits per heavy atom. The summed E-state index contributed by atoms with van der Waals surface area (Å²) in [7, 11) is 0. The highest BCUT2D eigenvalue weighted by molar-refractivity contribution is 5.97. The maximum Gasteiger partial charge on any atom is 0.161 e. The minimum absolute atomic E-state index is 0.0161.